The minimum Gasteiger partial charge on any atom is -0.490 e. The average Bonchev–Trinajstić information content (AvgIpc) is 3.15. The molecule has 0 radical (unpaired) electrons. The maximum atomic E-state index is 13.2. The first-order chi connectivity index (χ1) is 17.4. The monoisotopic (exact) mass is 534 g/mol. The molecule has 37 heavy (non-hydrogen) atoms. The number of nitrogens with zero attached hydrogens (tertiary/aromatic N) is 1. The summed E-state index contributed by atoms with van der Waals surface area (Å²) >= 11 is 0. The number of hydrogen-bond acceptors (Lipinski definition) is 4. The molecule has 4 rings (SSSR count). The van der Waals surface area contributed by atoms with E-state index in [1.807, 2.05) is 62.4 Å². The highest BCUT2D eigenvalue weighted by molar-refractivity contribution is 7.93. The van der Waals surface area contributed by atoms with Crippen LogP contribution in [-0.4, -0.2) is 39.7 Å². The third-order valence-electron chi connectivity index (χ3n) is 6.75. The van der Waals surface area contributed by atoms with Gasteiger partial charge in [-0.3, -0.25) is 9.59 Å². The van der Waals surface area contributed by atoms with E-state index in [0.717, 1.165) is 22.3 Å². The van der Waals surface area contributed by atoms with Gasteiger partial charge in [0.05, 0.1) is 21.3 Å². The molecule has 6 nitrogen and oxygen atoms in total. The van der Waals surface area contributed by atoms with Gasteiger partial charge in [-0.1, -0.05) is 54.1 Å². The summed E-state index contributed by atoms with van der Waals surface area (Å²) in [5.41, 5.74) is 4.16. The lowest BCUT2D eigenvalue weighted by Crippen LogP contribution is -2.34. The largest absolute Gasteiger partial charge is 0.490 e. The molecular weight excluding hydrogens is 505 g/mol. The molecule has 0 aromatic heterocycles. The van der Waals surface area contributed by atoms with Crippen molar-refractivity contribution in [3.05, 3.63) is 76.5 Å². The first-order valence-electron chi connectivity index (χ1n) is 12.1. The number of amides is 2. The molecule has 10 heteroatoms. The molecule has 1 atom stereocenters. The predicted octanol–water partition coefficient (Wildman–Crippen LogP) is 5.09. The number of aryl methyl sites for hydroxylation is 2. The number of benzene rings is 2. The first-order valence-corrected chi connectivity index (χ1v) is 13.9. The molecule has 2 amide bonds. The molecule has 0 aliphatic carbocycles. The summed E-state index contributed by atoms with van der Waals surface area (Å²) in [5.74, 6) is -2.21. The molecular formula is C27H29F3N2O4S. The van der Waals surface area contributed by atoms with E-state index in [4.69, 9.17) is 4.74 Å². The van der Waals surface area contributed by atoms with Crippen molar-refractivity contribution in [2.45, 2.75) is 51.9 Å². The Morgan fingerprint density at radius 3 is 2.43 bits per heavy atom. The third-order valence-corrected chi connectivity index (χ3v) is 8.99. The molecule has 0 bridgehead atoms. The number of ether oxygens (including phenoxy) is 1. The number of hydrogen-bond donors (Lipinski definition) is 1. The Labute approximate surface area is 214 Å². The van der Waals surface area contributed by atoms with Crippen molar-refractivity contribution < 1.29 is 31.7 Å². The Kier molecular flexibility index (Phi) is 7.77. The van der Waals surface area contributed by atoms with Crippen molar-refractivity contribution in [1.82, 2.24) is 5.32 Å². The average molecular weight is 535 g/mol. The predicted molar refractivity (Wildman–Crippen MR) is 135 cm³/mol. The zero-order chi connectivity index (χ0) is 26.8. The third kappa shape index (κ3) is 6.41. The fourth-order valence-electron chi connectivity index (χ4n) is 4.73. The van der Waals surface area contributed by atoms with Crippen LogP contribution in [0.25, 0.3) is 5.57 Å². The van der Waals surface area contributed by atoms with Crippen molar-refractivity contribution in [3.8, 4) is 0 Å². The Balaban J connectivity index is 1.57. The highest BCUT2D eigenvalue weighted by Gasteiger charge is 2.41. The minimum absolute atomic E-state index is 0.0238. The van der Waals surface area contributed by atoms with Crippen molar-refractivity contribution in [2.24, 2.45) is 10.3 Å². The van der Waals surface area contributed by atoms with Gasteiger partial charge in [-0.2, -0.15) is 17.5 Å². The zero-order valence-corrected chi connectivity index (χ0v) is 21.5. The van der Waals surface area contributed by atoms with Crippen LogP contribution in [-0.2, 0) is 30.7 Å². The lowest BCUT2D eigenvalue weighted by atomic mass is 9.92. The number of alkyl halides is 3. The molecule has 2 heterocycles. The number of halogens is 3. The Bertz CT molecular complexity index is 1330. The molecule has 2 aliphatic heterocycles. The second-order valence-corrected chi connectivity index (χ2v) is 12.2. The van der Waals surface area contributed by atoms with Crippen molar-refractivity contribution >= 4 is 27.1 Å². The molecule has 0 saturated carbocycles. The van der Waals surface area contributed by atoms with Crippen LogP contribution in [0, 0.1) is 19.8 Å². The summed E-state index contributed by atoms with van der Waals surface area (Å²) in [6.07, 6.45) is -3.97. The quantitative estimate of drug-likeness (QED) is 0.560. The smallest absolute Gasteiger partial charge is 0.474 e. The fourth-order valence-corrected chi connectivity index (χ4v) is 6.92. The summed E-state index contributed by atoms with van der Waals surface area (Å²) < 4.78 is 59.8. The molecule has 1 N–H and O–H groups in total. The van der Waals surface area contributed by atoms with E-state index in [-0.39, 0.29) is 29.9 Å². The van der Waals surface area contributed by atoms with Gasteiger partial charge in [0.15, 0.2) is 0 Å². The van der Waals surface area contributed by atoms with E-state index < -0.39 is 27.9 Å². The Morgan fingerprint density at radius 1 is 1.11 bits per heavy atom. The maximum absolute atomic E-state index is 13.2. The van der Waals surface area contributed by atoms with Gasteiger partial charge in [0.25, 0.3) is 5.91 Å². The van der Waals surface area contributed by atoms with Crippen LogP contribution >= 0.6 is 0 Å². The second-order valence-electron chi connectivity index (χ2n) is 9.61. The van der Waals surface area contributed by atoms with Gasteiger partial charge < -0.3 is 10.1 Å². The van der Waals surface area contributed by atoms with Gasteiger partial charge in [-0.05, 0) is 55.7 Å². The molecule has 1 fully saturated rings. The standard InChI is InChI=1S/C27H29F3N2O4S/c1-17-8-9-18(2)21(14-17)23-24(36-16-20-6-4-3-5-7-20)22(31-25(23)33)15-19-10-12-37(35,13-11-19)32-26(34)27(28,29)30/h3-9,14,19,22H,10-13,15-16H2,1-2H3,(H,31,33). The van der Waals surface area contributed by atoms with Crippen LogP contribution in [0.1, 0.15) is 41.5 Å². The van der Waals surface area contributed by atoms with Gasteiger partial charge in [-0.25, -0.2) is 4.21 Å². The molecule has 2 aliphatic rings. The Hall–Kier alpha value is -3.14. The fraction of sp³-hybridized carbons (Fsp3) is 0.407. The van der Waals surface area contributed by atoms with Crippen molar-refractivity contribution in [3.63, 3.8) is 0 Å². The number of carbonyl (C=O) groups is 2. The van der Waals surface area contributed by atoms with Crippen LogP contribution in [0.15, 0.2) is 58.7 Å². The first kappa shape index (κ1) is 26.9. The summed E-state index contributed by atoms with van der Waals surface area (Å²) in [7, 11) is -3.25. The van der Waals surface area contributed by atoms with Gasteiger partial charge in [0, 0.05) is 11.5 Å². The van der Waals surface area contributed by atoms with Crippen LogP contribution < -0.4 is 5.32 Å². The topological polar surface area (TPSA) is 84.8 Å². The zero-order valence-electron chi connectivity index (χ0n) is 20.6. The Morgan fingerprint density at radius 2 is 1.78 bits per heavy atom. The van der Waals surface area contributed by atoms with Crippen molar-refractivity contribution in [2.75, 3.05) is 11.5 Å². The van der Waals surface area contributed by atoms with E-state index in [1.54, 1.807) is 0 Å². The van der Waals surface area contributed by atoms with Gasteiger partial charge in [0.2, 0.25) is 0 Å². The van der Waals surface area contributed by atoms with Crippen LogP contribution in [0.5, 0.6) is 0 Å². The van der Waals surface area contributed by atoms with Gasteiger partial charge >= 0.3 is 12.1 Å². The van der Waals surface area contributed by atoms with Gasteiger partial charge in [0.1, 0.15) is 12.4 Å². The lowest BCUT2D eigenvalue weighted by molar-refractivity contribution is -0.169. The lowest BCUT2D eigenvalue weighted by Gasteiger charge is -2.27. The van der Waals surface area contributed by atoms with E-state index in [2.05, 4.69) is 9.68 Å². The molecule has 1 saturated heterocycles. The van der Waals surface area contributed by atoms with E-state index in [1.165, 1.54) is 0 Å². The summed E-state index contributed by atoms with van der Waals surface area (Å²) in [6.45, 7) is 4.15. The van der Waals surface area contributed by atoms with Crippen LogP contribution in [0.4, 0.5) is 13.2 Å². The maximum Gasteiger partial charge on any atom is 0.474 e. The highest BCUT2D eigenvalue weighted by Crippen LogP contribution is 2.35. The molecule has 2 aromatic rings. The summed E-state index contributed by atoms with van der Waals surface area (Å²) in [6, 6.07) is 15.0. The van der Waals surface area contributed by atoms with Crippen molar-refractivity contribution in [1.29, 1.82) is 0 Å². The summed E-state index contributed by atoms with van der Waals surface area (Å²) in [4.78, 5) is 24.4. The molecule has 1 unspecified atom stereocenters. The van der Waals surface area contributed by atoms with Crippen LogP contribution in [0.2, 0.25) is 0 Å². The second kappa shape index (κ2) is 10.7. The highest BCUT2D eigenvalue weighted by atomic mass is 32.2. The number of rotatable bonds is 6. The normalized spacial score (nSPS) is 24.1. The number of carbonyl (C=O) groups excluding carboxylic acids is 2. The van der Waals surface area contributed by atoms with Gasteiger partial charge in [-0.15, -0.1) is 0 Å². The van der Waals surface area contributed by atoms with E-state index in [0.29, 0.717) is 30.6 Å². The SMILES string of the molecule is Cc1ccc(C)c(C2=C(OCc3ccccc3)C(CC3CCS(=O)(=NC(=O)C(F)(F)F)CC3)NC2=O)c1. The van der Waals surface area contributed by atoms with Crippen LogP contribution in [0.3, 0.4) is 0 Å². The van der Waals surface area contributed by atoms with E-state index >= 15 is 0 Å². The molecule has 198 valence electrons. The molecule has 2 aromatic carbocycles. The summed E-state index contributed by atoms with van der Waals surface area (Å²) in [5, 5.41) is 3.02. The minimum atomic E-state index is -5.13. The number of nitrogens with one attached hydrogen (secondary N) is 1. The van der Waals surface area contributed by atoms with E-state index in [9.17, 15) is 27.0 Å². The molecule has 0 spiro atoms.